The zero-order chi connectivity index (χ0) is 21.2. The van der Waals surface area contributed by atoms with Crippen LogP contribution in [0.4, 0.5) is 10.1 Å². The molecule has 2 saturated heterocycles. The van der Waals surface area contributed by atoms with Crippen molar-refractivity contribution in [3.63, 3.8) is 0 Å². The number of morpholine rings is 1. The van der Waals surface area contributed by atoms with E-state index in [0.717, 1.165) is 0 Å². The van der Waals surface area contributed by atoms with Gasteiger partial charge < -0.3 is 29.5 Å². The van der Waals surface area contributed by atoms with Crippen molar-refractivity contribution in [1.82, 2.24) is 5.32 Å². The minimum absolute atomic E-state index is 0.0503. The summed E-state index contributed by atoms with van der Waals surface area (Å²) in [6.07, 6.45) is -0.858. The van der Waals surface area contributed by atoms with Crippen molar-refractivity contribution in [3.8, 4) is 0 Å². The number of amides is 1. The Morgan fingerprint density at radius 3 is 2.45 bits per heavy atom. The number of ether oxygens (including phenoxy) is 3. The quantitative estimate of drug-likeness (QED) is 0.775. The van der Waals surface area contributed by atoms with Crippen LogP contribution < -0.4 is 10.2 Å². The predicted octanol–water partition coefficient (Wildman–Crippen LogP) is 2.23. The number of halogens is 1. The third kappa shape index (κ3) is 5.25. The van der Waals surface area contributed by atoms with Gasteiger partial charge in [-0.05, 0) is 26.0 Å². The molecule has 0 saturated carbocycles. The fourth-order valence-electron chi connectivity index (χ4n) is 3.77. The van der Waals surface area contributed by atoms with Crippen LogP contribution in [0.5, 0.6) is 0 Å². The summed E-state index contributed by atoms with van der Waals surface area (Å²) in [4.78, 5) is 14.3. The molecule has 1 amide bonds. The first-order valence-corrected chi connectivity index (χ1v) is 10.1. The summed E-state index contributed by atoms with van der Waals surface area (Å²) in [6.45, 7) is 9.88. The van der Waals surface area contributed by atoms with Crippen molar-refractivity contribution >= 4 is 11.6 Å². The molecule has 1 aromatic carbocycles. The van der Waals surface area contributed by atoms with E-state index in [1.807, 2.05) is 32.6 Å². The van der Waals surface area contributed by atoms with Crippen LogP contribution in [-0.4, -0.2) is 62.7 Å². The Bertz CT molecular complexity index is 722. The molecule has 7 nitrogen and oxygen atoms in total. The molecular formula is C21H31FN2O5. The standard InChI is InChI=1S/C21H31FN2O5/c1-13-9-24(10-14(2)29-13)18-16(20-27-11-21(3,4)12-28-20)7-15(8-17(18)22)19(26)23-5-6-25/h7-8,13-14,20,25H,5-6,9-12H2,1-4H3,(H,23,26). The zero-order valence-corrected chi connectivity index (χ0v) is 17.5. The van der Waals surface area contributed by atoms with E-state index in [1.165, 1.54) is 6.07 Å². The summed E-state index contributed by atoms with van der Waals surface area (Å²) >= 11 is 0. The van der Waals surface area contributed by atoms with E-state index in [2.05, 4.69) is 5.32 Å². The van der Waals surface area contributed by atoms with E-state index in [-0.39, 0.29) is 36.3 Å². The fourth-order valence-corrected chi connectivity index (χ4v) is 3.77. The van der Waals surface area contributed by atoms with Gasteiger partial charge >= 0.3 is 0 Å². The molecule has 162 valence electrons. The van der Waals surface area contributed by atoms with E-state index >= 15 is 4.39 Å². The molecule has 2 unspecified atom stereocenters. The molecule has 2 atom stereocenters. The molecule has 2 aliphatic rings. The minimum Gasteiger partial charge on any atom is -0.395 e. The van der Waals surface area contributed by atoms with E-state index in [1.54, 1.807) is 6.07 Å². The van der Waals surface area contributed by atoms with Crippen molar-refractivity contribution in [2.45, 2.75) is 46.2 Å². The third-order valence-electron chi connectivity index (χ3n) is 4.99. The zero-order valence-electron chi connectivity index (χ0n) is 17.5. The van der Waals surface area contributed by atoms with E-state index in [9.17, 15) is 4.79 Å². The molecule has 8 heteroatoms. The minimum atomic E-state index is -0.758. The SMILES string of the molecule is CC1CN(c2c(F)cc(C(=O)NCCO)cc2C2OCC(C)(C)CO2)CC(C)O1. The first-order valence-electron chi connectivity index (χ1n) is 10.1. The number of hydrogen-bond donors (Lipinski definition) is 2. The molecule has 0 aromatic heterocycles. The van der Waals surface area contributed by atoms with Crippen molar-refractivity contribution in [3.05, 3.63) is 29.1 Å². The molecule has 0 radical (unpaired) electrons. The maximum atomic E-state index is 15.3. The number of carbonyl (C=O) groups is 1. The molecule has 2 heterocycles. The molecule has 2 fully saturated rings. The molecule has 1 aromatic rings. The van der Waals surface area contributed by atoms with Gasteiger partial charge in [0, 0.05) is 36.2 Å². The number of carbonyl (C=O) groups excluding carboxylic acids is 1. The van der Waals surface area contributed by atoms with Crippen molar-refractivity contribution in [1.29, 1.82) is 0 Å². The van der Waals surface area contributed by atoms with Gasteiger partial charge in [0.2, 0.25) is 0 Å². The molecule has 3 rings (SSSR count). The largest absolute Gasteiger partial charge is 0.395 e. The molecule has 0 bridgehead atoms. The van der Waals surface area contributed by atoms with Crippen LogP contribution in [0.2, 0.25) is 0 Å². The summed E-state index contributed by atoms with van der Waals surface area (Å²) in [7, 11) is 0. The molecule has 2 N–H and O–H groups in total. The second kappa shape index (κ2) is 8.95. The van der Waals surface area contributed by atoms with Gasteiger partial charge in [-0.25, -0.2) is 4.39 Å². The molecule has 0 aliphatic carbocycles. The summed E-state index contributed by atoms with van der Waals surface area (Å²) in [5.74, 6) is -0.958. The Morgan fingerprint density at radius 1 is 1.24 bits per heavy atom. The van der Waals surface area contributed by atoms with Crippen LogP contribution in [0.1, 0.15) is 49.9 Å². The number of rotatable bonds is 5. The lowest BCUT2D eigenvalue weighted by molar-refractivity contribution is -0.226. The Hall–Kier alpha value is -1.74. The van der Waals surface area contributed by atoms with Gasteiger partial charge in [-0.3, -0.25) is 4.79 Å². The average molecular weight is 410 g/mol. The number of aliphatic hydroxyl groups excluding tert-OH is 1. The van der Waals surface area contributed by atoms with Gasteiger partial charge in [0.15, 0.2) is 6.29 Å². The lowest BCUT2D eigenvalue weighted by atomic mass is 9.95. The van der Waals surface area contributed by atoms with Gasteiger partial charge in [-0.2, -0.15) is 0 Å². The smallest absolute Gasteiger partial charge is 0.251 e. The van der Waals surface area contributed by atoms with E-state index in [4.69, 9.17) is 19.3 Å². The van der Waals surface area contributed by atoms with Crippen molar-refractivity contribution < 1.29 is 28.5 Å². The second-order valence-electron chi connectivity index (χ2n) is 8.66. The van der Waals surface area contributed by atoms with Crippen molar-refractivity contribution in [2.24, 2.45) is 5.41 Å². The Labute approximate surface area is 171 Å². The lowest BCUT2D eigenvalue weighted by Crippen LogP contribution is -2.46. The molecule has 29 heavy (non-hydrogen) atoms. The Morgan fingerprint density at radius 2 is 1.86 bits per heavy atom. The Kier molecular flexibility index (Phi) is 6.78. The number of benzene rings is 1. The van der Waals surface area contributed by atoms with Crippen LogP contribution in [0.15, 0.2) is 12.1 Å². The van der Waals surface area contributed by atoms with Crippen LogP contribution in [-0.2, 0) is 14.2 Å². The topological polar surface area (TPSA) is 80.3 Å². The van der Waals surface area contributed by atoms with Gasteiger partial charge in [0.1, 0.15) is 5.82 Å². The summed E-state index contributed by atoms with van der Waals surface area (Å²) in [5.41, 5.74) is 0.917. The first-order chi connectivity index (χ1) is 13.7. The normalized spacial score (nSPS) is 25.1. The van der Waals surface area contributed by atoms with Crippen LogP contribution >= 0.6 is 0 Å². The number of hydrogen-bond acceptors (Lipinski definition) is 6. The van der Waals surface area contributed by atoms with Gasteiger partial charge in [-0.15, -0.1) is 0 Å². The highest BCUT2D eigenvalue weighted by atomic mass is 19.1. The van der Waals surface area contributed by atoms with E-state index < -0.39 is 18.0 Å². The van der Waals surface area contributed by atoms with Gasteiger partial charge in [0.25, 0.3) is 5.91 Å². The number of nitrogens with zero attached hydrogens (tertiary/aromatic N) is 1. The maximum absolute atomic E-state index is 15.3. The van der Waals surface area contributed by atoms with Crippen molar-refractivity contribution in [2.75, 3.05) is 44.4 Å². The summed E-state index contributed by atoms with van der Waals surface area (Å²) in [6, 6.07) is 2.85. The number of aliphatic hydroxyl groups is 1. The predicted molar refractivity (Wildman–Crippen MR) is 106 cm³/mol. The van der Waals surface area contributed by atoms with Gasteiger partial charge in [-0.1, -0.05) is 13.8 Å². The second-order valence-corrected chi connectivity index (χ2v) is 8.66. The molecule has 0 spiro atoms. The average Bonchev–Trinajstić information content (AvgIpc) is 2.64. The van der Waals surface area contributed by atoms with Crippen LogP contribution in [0.25, 0.3) is 0 Å². The molecule has 2 aliphatic heterocycles. The summed E-state index contributed by atoms with van der Waals surface area (Å²) in [5, 5.41) is 11.5. The lowest BCUT2D eigenvalue weighted by Gasteiger charge is -2.40. The number of nitrogens with one attached hydrogen (secondary N) is 1. The van der Waals surface area contributed by atoms with Gasteiger partial charge in [0.05, 0.1) is 37.7 Å². The fraction of sp³-hybridized carbons (Fsp3) is 0.667. The highest BCUT2D eigenvalue weighted by molar-refractivity contribution is 5.95. The highest BCUT2D eigenvalue weighted by Crippen LogP contribution is 2.38. The third-order valence-corrected chi connectivity index (χ3v) is 4.99. The first kappa shape index (κ1) is 22.0. The highest BCUT2D eigenvalue weighted by Gasteiger charge is 2.34. The van der Waals surface area contributed by atoms with Crippen LogP contribution in [0.3, 0.4) is 0 Å². The maximum Gasteiger partial charge on any atom is 0.251 e. The summed E-state index contributed by atoms with van der Waals surface area (Å²) < 4.78 is 32.9. The van der Waals surface area contributed by atoms with Crippen LogP contribution in [0, 0.1) is 11.2 Å². The monoisotopic (exact) mass is 410 g/mol. The number of anilines is 1. The van der Waals surface area contributed by atoms with E-state index in [0.29, 0.717) is 37.6 Å². The molecular weight excluding hydrogens is 379 g/mol. The Balaban J connectivity index is 1.98.